The third-order valence-electron chi connectivity index (χ3n) is 5.22. The highest BCUT2D eigenvalue weighted by Crippen LogP contribution is 2.44. The van der Waals surface area contributed by atoms with Crippen LogP contribution in [0, 0.1) is 5.92 Å². The molecule has 23 heavy (non-hydrogen) atoms. The molecule has 0 spiro atoms. The number of amides is 1. The molecule has 3 atom stereocenters. The molecule has 0 aliphatic carbocycles. The van der Waals surface area contributed by atoms with Gasteiger partial charge in [0, 0.05) is 18.3 Å². The van der Waals surface area contributed by atoms with E-state index in [1.54, 1.807) is 6.20 Å². The van der Waals surface area contributed by atoms with Crippen LogP contribution in [0.3, 0.4) is 0 Å². The van der Waals surface area contributed by atoms with E-state index >= 15 is 0 Å². The van der Waals surface area contributed by atoms with Gasteiger partial charge in [0.15, 0.2) is 0 Å². The first-order chi connectivity index (χ1) is 11.3. The van der Waals surface area contributed by atoms with Crippen molar-refractivity contribution >= 4 is 5.91 Å². The van der Waals surface area contributed by atoms with Gasteiger partial charge in [0.25, 0.3) is 0 Å². The molecule has 0 bridgehead atoms. The number of carbonyl (C=O) groups excluding carboxylic acids is 1. The Morgan fingerprint density at radius 1 is 1.30 bits per heavy atom. The topological polar surface area (TPSA) is 61.0 Å². The fourth-order valence-corrected chi connectivity index (χ4v) is 4.15. The molecule has 5 nitrogen and oxygen atoms in total. The van der Waals surface area contributed by atoms with Crippen LogP contribution in [0.2, 0.25) is 0 Å². The Hall–Kier alpha value is -2.14. The molecule has 0 saturated carbocycles. The van der Waals surface area contributed by atoms with Crippen LogP contribution in [0.1, 0.15) is 36.6 Å². The number of nitrogens with one attached hydrogen (secondary N) is 2. The smallest absolute Gasteiger partial charge is 0.225 e. The molecule has 2 aliphatic rings. The molecule has 120 valence electrons. The van der Waals surface area contributed by atoms with Crippen LogP contribution in [0.25, 0.3) is 0 Å². The van der Waals surface area contributed by atoms with Crippen molar-refractivity contribution in [2.75, 3.05) is 6.54 Å². The van der Waals surface area contributed by atoms with Crippen LogP contribution in [0.5, 0.6) is 0 Å². The average molecular weight is 310 g/mol. The lowest BCUT2D eigenvalue weighted by atomic mass is 9.93. The number of hydrogen-bond donors (Lipinski definition) is 2. The van der Waals surface area contributed by atoms with Crippen LogP contribution in [0.15, 0.2) is 42.6 Å². The van der Waals surface area contributed by atoms with E-state index in [2.05, 4.69) is 50.7 Å². The highest BCUT2D eigenvalue weighted by molar-refractivity contribution is 5.80. The van der Waals surface area contributed by atoms with Crippen molar-refractivity contribution in [1.29, 1.82) is 0 Å². The quantitative estimate of drug-likeness (QED) is 0.910. The lowest BCUT2D eigenvalue weighted by Crippen LogP contribution is -2.37. The van der Waals surface area contributed by atoms with Crippen LogP contribution in [-0.4, -0.2) is 33.6 Å². The maximum atomic E-state index is 12.7. The first-order valence-corrected chi connectivity index (χ1v) is 8.39. The zero-order valence-corrected chi connectivity index (χ0v) is 13.1. The van der Waals surface area contributed by atoms with Crippen molar-refractivity contribution in [1.82, 2.24) is 20.4 Å². The molecule has 3 heterocycles. The van der Waals surface area contributed by atoms with Gasteiger partial charge in [-0.15, -0.1) is 0 Å². The summed E-state index contributed by atoms with van der Waals surface area (Å²) < 4.78 is 0. The Morgan fingerprint density at radius 3 is 2.96 bits per heavy atom. The summed E-state index contributed by atoms with van der Waals surface area (Å²) in [5, 5.41) is 9.88. The number of H-pyrrole nitrogens is 1. The Labute approximate surface area is 136 Å². The highest BCUT2D eigenvalue weighted by Gasteiger charge is 2.46. The lowest BCUT2D eigenvalue weighted by Gasteiger charge is -2.24. The van der Waals surface area contributed by atoms with Crippen molar-refractivity contribution in [3.63, 3.8) is 0 Å². The number of hydrogen-bond acceptors (Lipinski definition) is 3. The van der Waals surface area contributed by atoms with E-state index in [1.807, 2.05) is 6.07 Å². The van der Waals surface area contributed by atoms with Crippen molar-refractivity contribution in [2.45, 2.75) is 37.9 Å². The molecule has 0 radical (unpaired) electrons. The van der Waals surface area contributed by atoms with E-state index in [-0.39, 0.29) is 11.8 Å². The van der Waals surface area contributed by atoms with Gasteiger partial charge in [-0.05, 0) is 37.4 Å². The minimum atomic E-state index is 0.0885. The summed E-state index contributed by atoms with van der Waals surface area (Å²) in [5.74, 6) is 0.264. The predicted molar refractivity (Wildman–Crippen MR) is 87.5 cm³/mol. The SMILES string of the molecule is O=C(NCc1ccn[nH]1)[C@H]1C[C@@H](c2ccccc2)N2CCC[C@H]12. The molecule has 2 aromatic rings. The van der Waals surface area contributed by atoms with Crippen molar-refractivity contribution in [3.05, 3.63) is 53.9 Å². The molecular weight excluding hydrogens is 288 g/mol. The van der Waals surface area contributed by atoms with Crippen LogP contribution in [0.4, 0.5) is 0 Å². The van der Waals surface area contributed by atoms with E-state index in [9.17, 15) is 4.79 Å². The van der Waals surface area contributed by atoms with Gasteiger partial charge in [0.05, 0.1) is 18.2 Å². The monoisotopic (exact) mass is 310 g/mol. The normalized spacial score (nSPS) is 27.0. The first kappa shape index (κ1) is 14.5. The molecule has 2 N–H and O–H groups in total. The van der Waals surface area contributed by atoms with E-state index in [4.69, 9.17) is 0 Å². The molecular formula is C18H22N4O. The number of benzene rings is 1. The largest absolute Gasteiger partial charge is 0.350 e. The maximum absolute atomic E-state index is 12.7. The molecule has 2 saturated heterocycles. The number of nitrogens with zero attached hydrogens (tertiary/aromatic N) is 2. The van der Waals surface area contributed by atoms with Crippen molar-refractivity contribution in [2.24, 2.45) is 5.92 Å². The molecule has 1 aromatic heterocycles. The summed E-state index contributed by atoms with van der Waals surface area (Å²) in [7, 11) is 0. The molecule has 4 rings (SSSR count). The summed E-state index contributed by atoms with van der Waals surface area (Å²) in [6.45, 7) is 1.63. The second kappa shape index (κ2) is 6.16. The van der Waals surface area contributed by atoms with Gasteiger partial charge in [0.1, 0.15) is 0 Å². The standard InChI is InChI=1S/C18H22N4O/c23-18(19-12-14-8-9-20-21-14)15-11-17(13-5-2-1-3-6-13)22-10-4-7-16(15)22/h1-3,5-6,8-9,15-17H,4,7,10-12H2,(H,19,23)(H,20,21)/t15-,16+,17-/m0/s1. The van der Waals surface area contributed by atoms with Gasteiger partial charge in [-0.25, -0.2) is 0 Å². The second-order valence-electron chi connectivity index (χ2n) is 6.52. The summed E-state index contributed by atoms with van der Waals surface area (Å²) in [4.78, 5) is 15.2. The van der Waals surface area contributed by atoms with Crippen molar-refractivity contribution in [3.8, 4) is 0 Å². The van der Waals surface area contributed by atoms with Gasteiger partial charge in [-0.2, -0.15) is 5.10 Å². The summed E-state index contributed by atoms with van der Waals surface area (Å²) in [6.07, 6.45) is 4.95. The number of aromatic nitrogens is 2. The van der Waals surface area contributed by atoms with Gasteiger partial charge >= 0.3 is 0 Å². The number of fused-ring (bicyclic) bond motifs is 1. The lowest BCUT2D eigenvalue weighted by molar-refractivity contribution is -0.125. The Morgan fingerprint density at radius 2 is 2.17 bits per heavy atom. The Kier molecular flexibility index (Phi) is 3.87. The minimum absolute atomic E-state index is 0.0885. The third kappa shape index (κ3) is 2.77. The Bertz CT molecular complexity index is 655. The van der Waals surface area contributed by atoms with Gasteiger partial charge in [-0.3, -0.25) is 14.8 Å². The second-order valence-corrected chi connectivity index (χ2v) is 6.52. The van der Waals surface area contributed by atoms with E-state index in [0.717, 1.165) is 25.1 Å². The highest BCUT2D eigenvalue weighted by atomic mass is 16.2. The minimum Gasteiger partial charge on any atom is -0.350 e. The average Bonchev–Trinajstić information content (AvgIpc) is 3.30. The number of carbonyl (C=O) groups is 1. The van der Waals surface area contributed by atoms with E-state index in [0.29, 0.717) is 18.6 Å². The maximum Gasteiger partial charge on any atom is 0.225 e. The van der Waals surface area contributed by atoms with E-state index in [1.165, 1.54) is 12.0 Å². The zero-order chi connectivity index (χ0) is 15.6. The number of rotatable bonds is 4. The molecule has 0 unspecified atom stereocenters. The fraction of sp³-hybridized carbons (Fsp3) is 0.444. The number of aromatic amines is 1. The summed E-state index contributed by atoms with van der Waals surface area (Å²) >= 11 is 0. The van der Waals surface area contributed by atoms with Crippen LogP contribution in [-0.2, 0) is 11.3 Å². The van der Waals surface area contributed by atoms with Crippen LogP contribution < -0.4 is 5.32 Å². The van der Waals surface area contributed by atoms with Crippen molar-refractivity contribution < 1.29 is 4.79 Å². The van der Waals surface area contributed by atoms with E-state index < -0.39 is 0 Å². The molecule has 2 aliphatic heterocycles. The van der Waals surface area contributed by atoms with Gasteiger partial charge in [-0.1, -0.05) is 30.3 Å². The first-order valence-electron chi connectivity index (χ1n) is 8.39. The van der Waals surface area contributed by atoms with Crippen LogP contribution >= 0.6 is 0 Å². The third-order valence-corrected chi connectivity index (χ3v) is 5.22. The molecule has 2 fully saturated rings. The van der Waals surface area contributed by atoms with Gasteiger partial charge < -0.3 is 5.32 Å². The van der Waals surface area contributed by atoms with Gasteiger partial charge in [0.2, 0.25) is 5.91 Å². The Balaban J connectivity index is 1.47. The molecule has 1 aromatic carbocycles. The summed E-state index contributed by atoms with van der Waals surface area (Å²) in [6, 6.07) is 13.3. The summed E-state index contributed by atoms with van der Waals surface area (Å²) in [5.41, 5.74) is 2.28. The molecule has 5 heteroatoms. The molecule has 1 amide bonds. The fourth-order valence-electron chi connectivity index (χ4n) is 4.15. The predicted octanol–water partition coefficient (Wildman–Crippen LogP) is 2.25. The zero-order valence-electron chi connectivity index (χ0n) is 13.1.